The lowest BCUT2D eigenvalue weighted by Gasteiger charge is -2.33. The van der Waals surface area contributed by atoms with Crippen molar-refractivity contribution in [2.75, 3.05) is 26.2 Å². The molecule has 3 aromatic carbocycles. The van der Waals surface area contributed by atoms with Crippen molar-refractivity contribution in [1.29, 1.82) is 0 Å². The summed E-state index contributed by atoms with van der Waals surface area (Å²) in [4.78, 5) is 30.0. The third-order valence-corrected chi connectivity index (χ3v) is 7.89. The second-order valence-electron chi connectivity index (χ2n) is 10.6. The van der Waals surface area contributed by atoms with Crippen LogP contribution in [0.3, 0.4) is 0 Å². The van der Waals surface area contributed by atoms with Gasteiger partial charge in [0.15, 0.2) is 5.78 Å². The van der Waals surface area contributed by atoms with E-state index in [1.54, 1.807) is 26.2 Å². The number of nitrogens with zero attached hydrogens (tertiary/aromatic N) is 1. The van der Waals surface area contributed by atoms with E-state index in [2.05, 4.69) is 0 Å². The summed E-state index contributed by atoms with van der Waals surface area (Å²) in [6, 6.07) is 20.2. The Morgan fingerprint density at radius 1 is 0.850 bits per heavy atom. The van der Waals surface area contributed by atoms with Crippen LogP contribution in [0.4, 0.5) is 5.69 Å². The van der Waals surface area contributed by atoms with Gasteiger partial charge in [0.25, 0.3) is 0 Å². The molecule has 0 aliphatic heterocycles. The van der Waals surface area contributed by atoms with E-state index in [0.717, 1.165) is 53.9 Å². The molecule has 1 unspecified atom stereocenters. The van der Waals surface area contributed by atoms with Gasteiger partial charge in [-0.05, 0) is 84.5 Å². The molecule has 1 aliphatic rings. The number of benzene rings is 3. The zero-order valence-corrected chi connectivity index (χ0v) is 24.2. The third-order valence-electron chi connectivity index (χ3n) is 7.89. The van der Waals surface area contributed by atoms with Gasteiger partial charge in [0.2, 0.25) is 5.91 Å². The topological polar surface area (TPSA) is 65.1 Å². The highest BCUT2D eigenvalue weighted by atomic mass is 16.5. The summed E-state index contributed by atoms with van der Waals surface area (Å²) in [6.45, 7) is 1.97. The van der Waals surface area contributed by atoms with E-state index >= 15 is 0 Å². The fourth-order valence-corrected chi connectivity index (χ4v) is 5.72. The molecule has 4 rings (SSSR count). The summed E-state index contributed by atoms with van der Waals surface area (Å²) in [5.74, 6) is 2.52. The van der Waals surface area contributed by atoms with Crippen molar-refractivity contribution >= 4 is 17.4 Å². The first-order valence-corrected chi connectivity index (χ1v) is 14.2. The molecule has 1 saturated carbocycles. The SMILES string of the molecule is COc1ccc(N(C(=O)CCc2cccc(OC)c2)C(C(=O)CC2CCCCC2)c2ccc(OC)c(C)c2)cc1. The van der Waals surface area contributed by atoms with Gasteiger partial charge in [-0.3, -0.25) is 14.5 Å². The van der Waals surface area contributed by atoms with Crippen molar-refractivity contribution in [2.24, 2.45) is 5.92 Å². The molecule has 0 bridgehead atoms. The number of amides is 1. The summed E-state index contributed by atoms with van der Waals surface area (Å²) in [5, 5.41) is 0. The molecular formula is C34H41NO5. The van der Waals surface area contributed by atoms with Gasteiger partial charge in [-0.1, -0.05) is 50.3 Å². The minimum atomic E-state index is -0.738. The number of aryl methyl sites for hydroxylation is 2. The van der Waals surface area contributed by atoms with E-state index in [0.29, 0.717) is 30.2 Å². The Balaban J connectivity index is 1.73. The monoisotopic (exact) mass is 543 g/mol. The van der Waals surface area contributed by atoms with Crippen LogP contribution in [0.15, 0.2) is 66.7 Å². The fraction of sp³-hybridized carbons (Fsp3) is 0.412. The summed E-state index contributed by atoms with van der Waals surface area (Å²) in [5.41, 5.74) is 3.40. The normalized spacial score (nSPS) is 14.3. The van der Waals surface area contributed by atoms with E-state index in [-0.39, 0.29) is 18.1 Å². The number of carbonyl (C=O) groups excluding carboxylic acids is 2. The second-order valence-corrected chi connectivity index (χ2v) is 10.6. The molecule has 0 heterocycles. The largest absolute Gasteiger partial charge is 0.497 e. The Hall–Kier alpha value is -3.80. The Labute approximate surface area is 238 Å². The molecule has 1 amide bonds. The lowest BCUT2D eigenvalue weighted by atomic mass is 9.83. The molecule has 1 atom stereocenters. The molecular weight excluding hydrogens is 502 g/mol. The van der Waals surface area contributed by atoms with Crippen LogP contribution >= 0.6 is 0 Å². The van der Waals surface area contributed by atoms with Crippen molar-refractivity contribution in [2.45, 2.75) is 64.3 Å². The number of ketones is 1. The van der Waals surface area contributed by atoms with E-state index in [1.165, 1.54) is 6.42 Å². The molecule has 212 valence electrons. The molecule has 0 aromatic heterocycles. The number of hydrogen-bond donors (Lipinski definition) is 0. The Bertz CT molecular complexity index is 1280. The van der Waals surface area contributed by atoms with Gasteiger partial charge in [0.1, 0.15) is 23.3 Å². The maximum absolute atomic E-state index is 14.2. The number of anilines is 1. The number of rotatable bonds is 12. The molecule has 1 fully saturated rings. The zero-order valence-electron chi connectivity index (χ0n) is 24.2. The highest BCUT2D eigenvalue weighted by molar-refractivity contribution is 6.02. The van der Waals surface area contributed by atoms with Gasteiger partial charge in [0, 0.05) is 18.5 Å². The van der Waals surface area contributed by atoms with Gasteiger partial charge < -0.3 is 14.2 Å². The second kappa shape index (κ2) is 14.0. The fourth-order valence-electron chi connectivity index (χ4n) is 5.72. The van der Waals surface area contributed by atoms with Gasteiger partial charge in [-0.25, -0.2) is 0 Å². The van der Waals surface area contributed by atoms with Crippen LogP contribution in [0.2, 0.25) is 0 Å². The van der Waals surface area contributed by atoms with Crippen LogP contribution in [-0.2, 0) is 16.0 Å². The van der Waals surface area contributed by atoms with Crippen molar-refractivity contribution in [3.8, 4) is 17.2 Å². The molecule has 40 heavy (non-hydrogen) atoms. The highest BCUT2D eigenvalue weighted by Gasteiger charge is 2.34. The lowest BCUT2D eigenvalue weighted by molar-refractivity contribution is -0.126. The van der Waals surface area contributed by atoms with Crippen LogP contribution in [-0.4, -0.2) is 33.0 Å². The predicted octanol–water partition coefficient (Wildman–Crippen LogP) is 7.27. The van der Waals surface area contributed by atoms with Crippen LogP contribution in [0.25, 0.3) is 0 Å². The molecule has 6 heteroatoms. The third kappa shape index (κ3) is 7.23. The van der Waals surface area contributed by atoms with Gasteiger partial charge in [0.05, 0.1) is 21.3 Å². The number of methoxy groups -OCH3 is 3. The average Bonchev–Trinajstić information content (AvgIpc) is 2.99. The summed E-state index contributed by atoms with van der Waals surface area (Å²) >= 11 is 0. The molecule has 0 N–H and O–H groups in total. The summed E-state index contributed by atoms with van der Waals surface area (Å²) in [6.07, 6.45) is 6.92. The molecule has 6 nitrogen and oxygen atoms in total. The minimum absolute atomic E-state index is 0.0713. The molecule has 0 radical (unpaired) electrons. The average molecular weight is 544 g/mol. The quantitative estimate of drug-likeness (QED) is 0.240. The van der Waals surface area contributed by atoms with Crippen LogP contribution < -0.4 is 19.1 Å². The Morgan fingerprint density at radius 2 is 1.57 bits per heavy atom. The lowest BCUT2D eigenvalue weighted by Crippen LogP contribution is -2.40. The standard InChI is InChI=1S/C34H41NO5/c1-24-21-27(14-19-32(24)40-4)34(31(36)23-25-9-6-5-7-10-25)35(28-15-17-29(38-2)18-16-28)33(37)20-13-26-11-8-12-30(22-26)39-3/h8,11-12,14-19,21-22,25,34H,5-7,9-10,13,20,23H2,1-4H3. The van der Waals surface area contributed by atoms with Crippen LogP contribution in [0, 0.1) is 12.8 Å². The number of ether oxygens (including phenoxy) is 3. The van der Waals surface area contributed by atoms with E-state index in [4.69, 9.17) is 14.2 Å². The number of hydrogen-bond acceptors (Lipinski definition) is 5. The van der Waals surface area contributed by atoms with E-state index < -0.39 is 6.04 Å². The predicted molar refractivity (Wildman–Crippen MR) is 158 cm³/mol. The molecule has 1 aliphatic carbocycles. The molecule has 0 saturated heterocycles. The first-order chi connectivity index (χ1) is 19.4. The van der Waals surface area contributed by atoms with Crippen LogP contribution in [0.5, 0.6) is 17.2 Å². The van der Waals surface area contributed by atoms with E-state index in [9.17, 15) is 9.59 Å². The van der Waals surface area contributed by atoms with Crippen LogP contribution in [0.1, 0.15) is 67.7 Å². The summed E-state index contributed by atoms with van der Waals surface area (Å²) < 4.78 is 16.2. The number of carbonyl (C=O) groups is 2. The van der Waals surface area contributed by atoms with Gasteiger partial charge in [-0.15, -0.1) is 0 Å². The summed E-state index contributed by atoms with van der Waals surface area (Å²) in [7, 11) is 4.89. The Kier molecular flexibility index (Phi) is 10.2. The van der Waals surface area contributed by atoms with Gasteiger partial charge in [-0.2, -0.15) is 0 Å². The van der Waals surface area contributed by atoms with Crippen molar-refractivity contribution in [3.05, 3.63) is 83.4 Å². The smallest absolute Gasteiger partial charge is 0.228 e. The first kappa shape index (κ1) is 29.2. The molecule has 3 aromatic rings. The molecule has 0 spiro atoms. The van der Waals surface area contributed by atoms with Gasteiger partial charge >= 0.3 is 0 Å². The van der Waals surface area contributed by atoms with E-state index in [1.807, 2.05) is 73.7 Å². The van der Waals surface area contributed by atoms with Crippen molar-refractivity contribution in [3.63, 3.8) is 0 Å². The first-order valence-electron chi connectivity index (χ1n) is 14.2. The maximum atomic E-state index is 14.2. The maximum Gasteiger partial charge on any atom is 0.228 e. The Morgan fingerprint density at radius 3 is 2.23 bits per heavy atom. The number of Topliss-reactive ketones (excluding diaryl/α,β-unsaturated/α-hetero) is 1. The van der Waals surface area contributed by atoms with Crippen molar-refractivity contribution < 1.29 is 23.8 Å². The van der Waals surface area contributed by atoms with Crippen molar-refractivity contribution in [1.82, 2.24) is 0 Å². The minimum Gasteiger partial charge on any atom is -0.497 e. The zero-order chi connectivity index (χ0) is 28.5. The highest BCUT2D eigenvalue weighted by Crippen LogP contribution is 2.36.